The predicted octanol–water partition coefficient (Wildman–Crippen LogP) is 19.5. The standard InChI is InChI=1S/C73H72F7NO6/c1-5-6-8-11-44-12-14-45(15-13-44)46-16-18-47(19-17-46)48-24-34-56(35-25-48)85-68(82)49-20-22-50(23-21-49)69(83)86-63-42-58-59(43-62(63)84-4)67-57(66-64(58)60-40-53(72(75,76)77)41-61(73(78,79)80)65(60)70(66,2)3)36-37-71(87-67,51-26-30-54(74)31-27-51)52-28-32-55(33-29-52)81-38-9-7-10-39-81/h16-19,24-37,40-45,49-50H,5-15,20-23,38-39H2,1-4H3/t44-,45-,49?,50?,71?. The Bertz CT molecular complexity index is 3720. The van der Waals surface area contributed by atoms with Crippen molar-refractivity contribution in [3.8, 4) is 45.3 Å². The van der Waals surface area contributed by atoms with Gasteiger partial charge in [0.05, 0.1) is 30.1 Å². The Morgan fingerprint density at radius 2 is 1.24 bits per heavy atom. The van der Waals surface area contributed by atoms with E-state index in [4.69, 9.17) is 18.9 Å². The summed E-state index contributed by atoms with van der Waals surface area (Å²) in [5.74, 6) is -0.766. The zero-order valence-corrected chi connectivity index (χ0v) is 49.6. The minimum absolute atomic E-state index is 0.0396. The quantitative estimate of drug-likeness (QED) is 0.0465. The van der Waals surface area contributed by atoms with Crippen molar-refractivity contribution in [2.45, 2.75) is 146 Å². The number of rotatable bonds is 14. The number of nitrogens with zero attached hydrogens (tertiary/aromatic N) is 1. The fraction of sp³-hybridized carbons (Fsp3) is 0.397. The van der Waals surface area contributed by atoms with Crippen LogP contribution in [0.4, 0.5) is 36.4 Å². The van der Waals surface area contributed by atoms with Gasteiger partial charge in [0, 0.05) is 46.3 Å². The number of hydrogen-bond donors (Lipinski definition) is 0. The molecule has 1 saturated heterocycles. The van der Waals surface area contributed by atoms with Crippen molar-refractivity contribution in [3.05, 3.63) is 178 Å². The number of carbonyl (C=O) groups excluding carboxylic acids is 2. The van der Waals surface area contributed by atoms with Gasteiger partial charge in [0.25, 0.3) is 0 Å². The highest BCUT2D eigenvalue weighted by Crippen LogP contribution is 2.62. The molecule has 0 amide bonds. The fourth-order valence-corrected chi connectivity index (χ4v) is 14.7. The number of ether oxygens (including phenoxy) is 4. The largest absolute Gasteiger partial charge is 0.493 e. The number of unbranched alkanes of at least 4 members (excludes halogenated alkanes) is 2. The number of esters is 2. The number of halogens is 7. The molecular formula is C73H72F7NO6. The number of fused-ring (bicyclic) bond motifs is 8. The second-order valence-corrected chi connectivity index (χ2v) is 25.1. The van der Waals surface area contributed by atoms with Gasteiger partial charge in [0.1, 0.15) is 17.3 Å². The van der Waals surface area contributed by atoms with Crippen LogP contribution in [-0.2, 0) is 33.0 Å². The molecule has 14 heteroatoms. The van der Waals surface area contributed by atoms with Crippen LogP contribution in [0.2, 0.25) is 0 Å². The molecule has 0 aromatic heterocycles. The Labute approximate surface area is 503 Å². The number of hydrogen-bond acceptors (Lipinski definition) is 7. The van der Waals surface area contributed by atoms with Crippen molar-refractivity contribution in [3.63, 3.8) is 0 Å². The number of benzene rings is 7. The van der Waals surface area contributed by atoms with Gasteiger partial charge in [-0.05, 0) is 194 Å². The van der Waals surface area contributed by atoms with E-state index in [2.05, 4.69) is 36.1 Å². The molecule has 1 unspecified atom stereocenters. The highest BCUT2D eigenvalue weighted by molar-refractivity contribution is 6.10. The number of alkyl halides is 6. The van der Waals surface area contributed by atoms with Gasteiger partial charge in [-0.3, -0.25) is 9.59 Å². The Morgan fingerprint density at radius 3 is 1.84 bits per heavy atom. The summed E-state index contributed by atoms with van der Waals surface area (Å²) in [6.45, 7) is 7.14. The van der Waals surface area contributed by atoms with Crippen LogP contribution in [0, 0.1) is 23.6 Å². The molecule has 2 saturated carbocycles. The molecule has 2 heterocycles. The summed E-state index contributed by atoms with van der Waals surface area (Å²) < 4.78 is 131. The van der Waals surface area contributed by atoms with Crippen LogP contribution in [0.3, 0.4) is 0 Å². The molecule has 2 aliphatic heterocycles. The van der Waals surface area contributed by atoms with E-state index < -0.39 is 64.1 Å². The Morgan fingerprint density at radius 1 is 0.644 bits per heavy atom. The van der Waals surface area contributed by atoms with E-state index in [-0.39, 0.29) is 69.2 Å². The first kappa shape index (κ1) is 59.7. The summed E-state index contributed by atoms with van der Waals surface area (Å²) in [7, 11) is 1.36. The van der Waals surface area contributed by atoms with E-state index in [1.165, 1.54) is 88.3 Å². The Balaban J connectivity index is 0.822. The predicted molar refractivity (Wildman–Crippen MR) is 325 cm³/mol. The van der Waals surface area contributed by atoms with Gasteiger partial charge in [0.2, 0.25) is 0 Å². The zero-order chi connectivity index (χ0) is 61.0. The van der Waals surface area contributed by atoms with Crippen LogP contribution < -0.4 is 23.8 Å². The van der Waals surface area contributed by atoms with Crippen molar-refractivity contribution in [1.29, 1.82) is 0 Å². The molecule has 7 aromatic rings. The van der Waals surface area contributed by atoms with Gasteiger partial charge in [-0.15, -0.1) is 0 Å². The van der Waals surface area contributed by atoms with E-state index in [9.17, 15) is 27.2 Å². The lowest BCUT2D eigenvalue weighted by Crippen LogP contribution is -2.35. The molecule has 7 aromatic carbocycles. The highest BCUT2D eigenvalue weighted by Gasteiger charge is 2.51. The lowest BCUT2D eigenvalue weighted by Gasteiger charge is -2.39. The maximum absolute atomic E-state index is 15.3. The van der Waals surface area contributed by atoms with E-state index in [1.807, 2.05) is 36.4 Å². The van der Waals surface area contributed by atoms with Gasteiger partial charge in [-0.1, -0.05) is 113 Å². The summed E-state index contributed by atoms with van der Waals surface area (Å²) in [4.78, 5) is 30.3. The van der Waals surface area contributed by atoms with E-state index in [1.54, 1.807) is 50.3 Å². The minimum atomic E-state index is -5.20. The van der Waals surface area contributed by atoms with Gasteiger partial charge < -0.3 is 23.8 Å². The third-order valence-corrected chi connectivity index (χ3v) is 19.4. The molecule has 5 aliphatic rings. The molecule has 454 valence electrons. The molecule has 0 N–H and O–H groups in total. The highest BCUT2D eigenvalue weighted by atomic mass is 19.4. The van der Waals surface area contributed by atoms with E-state index in [0.29, 0.717) is 41.2 Å². The van der Waals surface area contributed by atoms with Crippen LogP contribution in [0.15, 0.2) is 127 Å². The van der Waals surface area contributed by atoms with Crippen LogP contribution in [0.1, 0.15) is 168 Å². The normalized spacial score (nSPS) is 21.6. The van der Waals surface area contributed by atoms with E-state index in [0.717, 1.165) is 61.2 Å². The number of carbonyl (C=O) groups is 2. The van der Waals surface area contributed by atoms with Gasteiger partial charge in [-0.2, -0.15) is 26.3 Å². The zero-order valence-electron chi connectivity index (χ0n) is 49.6. The summed E-state index contributed by atoms with van der Waals surface area (Å²) in [6, 6.07) is 33.8. The topological polar surface area (TPSA) is 74.3 Å². The Kier molecular flexibility index (Phi) is 16.3. The summed E-state index contributed by atoms with van der Waals surface area (Å²) >= 11 is 0. The number of piperidine rings is 1. The molecule has 1 atom stereocenters. The van der Waals surface area contributed by atoms with Gasteiger partial charge in [0.15, 0.2) is 17.1 Å². The summed E-state index contributed by atoms with van der Waals surface area (Å²) in [5, 5.41) is 0.396. The monoisotopic (exact) mass is 1190 g/mol. The fourth-order valence-electron chi connectivity index (χ4n) is 14.7. The average molecular weight is 1190 g/mol. The maximum atomic E-state index is 15.3. The summed E-state index contributed by atoms with van der Waals surface area (Å²) in [5.41, 5.74) is -0.288. The second-order valence-electron chi connectivity index (χ2n) is 25.1. The van der Waals surface area contributed by atoms with Crippen molar-refractivity contribution < 1.29 is 59.3 Å². The molecule has 7 nitrogen and oxygen atoms in total. The maximum Gasteiger partial charge on any atom is 0.416 e. The van der Waals surface area contributed by atoms with Crippen LogP contribution in [-0.4, -0.2) is 32.1 Å². The smallest absolute Gasteiger partial charge is 0.416 e. The first-order chi connectivity index (χ1) is 41.7. The molecule has 3 aliphatic carbocycles. The number of methoxy groups -OCH3 is 1. The molecule has 87 heavy (non-hydrogen) atoms. The molecule has 0 radical (unpaired) electrons. The minimum Gasteiger partial charge on any atom is -0.493 e. The molecular weight excluding hydrogens is 1120 g/mol. The van der Waals surface area contributed by atoms with Crippen LogP contribution >= 0.6 is 0 Å². The molecule has 0 bridgehead atoms. The van der Waals surface area contributed by atoms with Crippen LogP contribution in [0.25, 0.3) is 39.1 Å². The first-order valence-electron chi connectivity index (χ1n) is 30.9. The van der Waals surface area contributed by atoms with Gasteiger partial charge in [-0.25, -0.2) is 4.39 Å². The molecule has 12 rings (SSSR count). The van der Waals surface area contributed by atoms with Crippen LogP contribution in [0.5, 0.6) is 23.0 Å². The van der Waals surface area contributed by atoms with Gasteiger partial charge >= 0.3 is 24.3 Å². The second kappa shape index (κ2) is 23.8. The summed E-state index contributed by atoms with van der Waals surface area (Å²) in [6.07, 6.45) is 7.93. The van der Waals surface area contributed by atoms with Crippen molar-refractivity contribution in [1.82, 2.24) is 0 Å². The third kappa shape index (κ3) is 11.6. The van der Waals surface area contributed by atoms with Crippen molar-refractivity contribution in [2.75, 3.05) is 25.1 Å². The molecule has 3 fully saturated rings. The first-order valence-corrected chi connectivity index (χ1v) is 30.9. The van der Waals surface area contributed by atoms with Crippen molar-refractivity contribution >= 4 is 34.5 Å². The van der Waals surface area contributed by atoms with E-state index >= 15 is 13.2 Å². The Hall–Kier alpha value is -7.61. The lowest BCUT2D eigenvalue weighted by atomic mass is 9.75. The average Bonchev–Trinajstić information content (AvgIpc) is 1.58. The van der Waals surface area contributed by atoms with Crippen molar-refractivity contribution in [2.24, 2.45) is 17.8 Å². The molecule has 0 spiro atoms. The lowest BCUT2D eigenvalue weighted by molar-refractivity contribution is -0.145. The number of anilines is 1. The third-order valence-electron chi connectivity index (χ3n) is 19.4. The SMILES string of the molecule is CCCCC[C@H]1CC[C@H](c2ccc(-c3ccc(OC(=O)C4CCC(C(=O)Oc5cc6c7c(c8c(c6cc5OC)OC(c5ccc(F)cc5)(c5ccc(N6CCCCC6)cc5)C=C8)C(C)(C)c5c-7cc(C(F)(F)F)cc5C(F)(F)F)CC4)cc3)cc2)CC1.